The fourth-order valence-corrected chi connectivity index (χ4v) is 5.83. The number of carbonyl (C=O) groups excluding carboxylic acids is 2. The summed E-state index contributed by atoms with van der Waals surface area (Å²) in [5.74, 6) is 0.255. The molecule has 0 saturated carbocycles. The molecule has 2 aromatic heterocycles. The molecule has 6 aromatic rings. The zero-order valence-electron chi connectivity index (χ0n) is 34.0. The number of nitrogens with zero attached hydrogens (tertiary/aromatic N) is 4. The first-order valence-corrected chi connectivity index (χ1v) is 19.4. The molecule has 14 nitrogen and oxygen atoms in total. The van der Waals surface area contributed by atoms with Gasteiger partial charge in [-0.25, -0.2) is 23.5 Å². The predicted octanol–water partition coefficient (Wildman–Crippen LogP) is 8.78. The van der Waals surface area contributed by atoms with E-state index in [0.29, 0.717) is 30.0 Å². The molecule has 0 aliphatic carbocycles. The lowest BCUT2D eigenvalue weighted by molar-refractivity contribution is -0.147. The number of benzene rings is 4. The van der Waals surface area contributed by atoms with Crippen LogP contribution in [0.15, 0.2) is 109 Å². The van der Waals surface area contributed by atoms with E-state index >= 15 is 0 Å². The summed E-state index contributed by atoms with van der Waals surface area (Å²) in [5, 5.41) is 14.6. The van der Waals surface area contributed by atoms with Crippen LogP contribution in [0.2, 0.25) is 0 Å². The van der Waals surface area contributed by atoms with Crippen LogP contribution in [-0.4, -0.2) is 58.2 Å². The summed E-state index contributed by atoms with van der Waals surface area (Å²) >= 11 is 0. The molecule has 5 N–H and O–H groups in total. The number of methoxy groups -OCH3 is 1. The number of amides is 1. The van der Waals surface area contributed by atoms with Gasteiger partial charge in [-0.2, -0.15) is 9.97 Å². The van der Waals surface area contributed by atoms with E-state index in [1.54, 1.807) is 31.3 Å². The first-order chi connectivity index (χ1) is 29.2. The highest BCUT2D eigenvalue weighted by Crippen LogP contribution is 2.34. The molecule has 2 aliphatic heterocycles. The number of likely N-dealkylation sites (N-methyl/N-ethyl adjacent to an activating group) is 1. The summed E-state index contributed by atoms with van der Waals surface area (Å²) in [6.45, 7) is 8.00. The predicted molar refractivity (Wildman–Crippen MR) is 228 cm³/mol. The van der Waals surface area contributed by atoms with Crippen molar-refractivity contribution in [2.75, 3.05) is 35.4 Å². The molecule has 312 valence electrons. The number of hydrogen-bond donors (Lipinski definition) is 5. The lowest BCUT2D eigenvalue weighted by Crippen LogP contribution is -2.34. The maximum atomic E-state index is 14.1. The molecule has 0 spiro atoms. The first kappa shape index (κ1) is 43.8. The van der Waals surface area contributed by atoms with Gasteiger partial charge >= 0.3 is 5.97 Å². The molecule has 2 unspecified atom stereocenters. The molecule has 2 aliphatic rings. The first-order valence-electron chi connectivity index (χ1n) is 19.4. The minimum absolute atomic E-state index is 0.0685. The Morgan fingerprint density at radius 1 is 0.617 bits per heavy atom. The highest BCUT2D eigenvalue weighted by molar-refractivity contribution is 5.82. The van der Waals surface area contributed by atoms with Crippen molar-refractivity contribution in [2.45, 2.75) is 52.7 Å². The highest BCUT2D eigenvalue weighted by atomic mass is 19.1. The van der Waals surface area contributed by atoms with Gasteiger partial charge in [-0.15, -0.1) is 0 Å². The smallest absolute Gasteiger partial charge is 0.347 e. The summed E-state index contributed by atoms with van der Waals surface area (Å²) in [7, 11) is 2.91. The van der Waals surface area contributed by atoms with Gasteiger partial charge in [0.25, 0.3) is 5.91 Å². The van der Waals surface area contributed by atoms with E-state index in [4.69, 9.17) is 14.2 Å². The molecule has 1 amide bonds. The van der Waals surface area contributed by atoms with E-state index in [2.05, 4.69) is 46.5 Å². The van der Waals surface area contributed by atoms with Crippen LogP contribution in [0.5, 0.6) is 11.5 Å². The Morgan fingerprint density at radius 2 is 1.05 bits per heavy atom. The Kier molecular flexibility index (Phi) is 15.6. The van der Waals surface area contributed by atoms with Crippen molar-refractivity contribution in [1.82, 2.24) is 25.3 Å². The second kappa shape index (κ2) is 21.4. The van der Waals surface area contributed by atoms with E-state index in [0.717, 1.165) is 40.6 Å². The number of halogens is 2. The van der Waals surface area contributed by atoms with E-state index < -0.39 is 29.8 Å². The minimum Gasteiger partial charge on any atom is -0.480 e. The van der Waals surface area contributed by atoms with Crippen molar-refractivity contribution < 1.29 is 32.6 Å². The van der Waals surface area contributed by atoms with Gasteiger partial charge in [-0.3, -0.25) is 4.79 Å². The highest BCUT2D eigenvalue weighted by Gasteiger charge is 2.30. The zero-order valence-corrected chi connectivity index (χ0v) is 34.0. The fourth-order valence-electron chi connectivity index (χ4n) is 5.83. The molecule has 0 radical (unpaired) electrons. The number of hydrogen-bond acceptors (Lipinski definition) is 13. The number of nitrogens with one attached hydrogen (secondary N) is 5. The number of para-hydroxylation sites is 2. The number of fused-ring (bicyclic) bond motifs is 2. The van der Waals surface area contributed by atoms with Crippen LogP contribution in [0.3, 0.4) is 0 Å². The Morgan fingerprint density at radius 3 is 1.48 bits per heavy atom. The summed E-state index contributed by atoms with van der Waals surface area (Å²) in [6, 6.07) is 29.2. The van der Waals surface area contributed by atoms with Crippen molar-refractivity contribution in [3.05, 3.63) is 132 Å². The summed E-state index contributed by atoms with van der Waals surface area (Å²) in [6.07, 6.45) is 1.94. The average Bonchev–Trinajstić information content (AvgIpc) is 3.92. The largest absolute Gasteiger partial charge is 0.480 e. The number of ether oxygens (including phenoxy) is 3. The third kappa shape index (κ3) is 11.4. The van der Waals surface area contributed by atoms with Gasteiger partial charge < -0.3 is 40.8 Å². The van der Waals surface area contributed by atoms with E-state index in [1.165, 1.54) is 7.11 Å². The number of esters is 1. The summed E-state index contributed by atoms with van der Waals surface area (Å²) in [4.78, 5) is 39.8. The second-order valence-electron chi connectivity index (χ2n) is 12.4. The van der Waals surface area contributed by atoms with E-state index in [-0.39, 0.29) is 29.4 Å². The van der Waals surface area contributed by atoms with Crippen LogP contribution in [0.25, 0.3) is 0 Å². The normalized spacial score (nSPS) is 13.9. The molecule has 0 saturated heterocycles. The van der Waals surface area contributed by atoms with Crippen molar-refractivity contribution in [3.63, 3.8) is 0 Å². The van der Waals surface area contributed by atoms with Crippen LogP contribution in [-0.2, 0) is 27.2 Å². The SMILES string of the molecule is CC.CC.CNC(=O)C1Cc2cc(Nc3ncc(F)c(Nc4ccccc4)n3)ccc2O1.COC(=O)C1Cc2cc(Nc3ncc(F)c(Nc4ccccc4)n3)ccc2O1. The molecule has 8 rings (SSSR count). The maximum absolute atomic E-state index is 14.1. The third-order valence-electron chi connectivity index (χ3n) is 8.55. The van der Waals surface area contributed by atoms with Crippen LogP contribution in [0, 0.1) is 11.6 Å². The average molecular weight is 820 g/mol. The van der Waals surface area contributed by atoms with Crippen molar-refractivity contribution >= 4 is 58.2 Å². The number of carbonyl (C=O) groups is 2. The summed E-state index contributed by atoms with van der Waals surface area (Å²) < 4.78 is 44.0. The number of aromatic nitrogens is 4. The molecular weight excluding hydrogens is 773 g/mol. The Labute approximate surface area is 347 Å². The van der Waals surface area contributed by atoms with Crippen LogP contribution >= 0.6 is 0 Å². The van der Waals surface area contributed by atoms with Gasteiger partial charge in [0.15, 0.2) is 35.5 Å². The van der Waals surface area contributed by atoms with Crippen molar-refractivity contribution in [2.24, 2.45) is 0 Å². The van der Waals surface area contributed by atoms with E-state index in [1.807, 2.05) is 100 Å². The van der Waals surface area contributed by atoms with Gasteiger partial charge in [0.05, 0.1) is 19.5 Å². The molecule has 60 heavy (non-hydrogen) atoms. The van der Waals surface area contributed by atoms with Gasteiger partial charge in [-0.05, 0) is 60.7 Å². The lowest BCUT2D eigenvalue weighted by atomic mass is 10.1. The standard InChI is InChI=1S/C20H18FN5O2.C20H17FN4O3.2C2H6/c1-22-19(27)17-10-12-9-14(7-8-16(12)28-17)25-20-23-11-15(21)18(26-20)24-13-5-3-2-4-6-13;1-27-19(26)17-10-12-9-14(7-8-16(12)28-17)24-20-22-11-15(21)18(25-20)23-13-5-3-2-4-6-13;2*1-2/h2-9,11,17H,10H2,1H3,(H,22,27)(H2,23,24,25,26);2-9,11,17H,10H2,1H3,(H2,22,23,24,25);2*1-2H3. The third-order valence-corrected chi connectivity index (χ3v) is 8.55. The van der Waals surface area contributed by atoms with Crippen LogP contribution in [0.4, 0.5) is 55.1 Å². The monoisotopic (exact) mass is 819 g/mol. The van der Waals surface area contributed by atoms with Crippen LogP contribution < -0.4 is 36.1 Å². The van der Waals surface area contributed by atoms with Crippen LogP contribution in [0.1, 0.15) is 38.8 Å². The lowest BCUT2D eigenvalue weighted by Gasteiger charge is -2.10. The molecule has 16 heteroatoms. The molecule has 4 heterocycles. The van der Waals surface area contributed by atoms with Gasteiger partial charge in [-0.1, -0.05) is 64.1 Å². The minimum atomic E-state index is -0.640. The zero-order chi connectivity index (χ0) is 43.0. The van der Waals surface area contributed by atoms with Gasteiger partial charge in [0.1, 0.15) is 11.5 Å². The molecule has 0 bridgehead atoms. The Bertz CT molecular complexity index is 2190. The Balaban J connectivity index is 0.000000210. The second-order valence-corrected chi connectivity index (χ2v) is 12.4. The number of anilines is 8. The molecule has 2 atom stereocenters. The summed E-state index contributed by atoms with van der Waals surface area (Å²) in [5.41, 5.74) is 4.63. The fraction of sp³-hybridized carbons (Fsp3) is 0.227. The van der Waals surface area contributed by atoms with Crippen molar-refractivity contribution in [3.8, 4) is 11.5 Å². The molecular formula is C44H47F2N9O5. The quantitative estimate of drug-likeness (QED) is 0.0831. The Hall–Kier alpha value is -7.36. The number of rotatable bonds is 10. The van der Waals surface area contributed by atoms with Gasteiger partial charge in [0, 0.05) is 53.8 Å². The van der Waals surface area contributed by atoms with Crippen molar-refractivity contribution in [1.29, 1.82) is 0 Å². The molecule has 0 fully saturated rings. The maximum Gasteiger partial charge on any atom is 0.347 e. The molecule has 4 aromatic carbocycles. The van der Waals surface area contributed by atoms with Gasteiger partial charge in [0.2, 0.25) is 11.9 Å². The van der Waals surface area contributed by atoms with E-state index in [9.17, 15) is 18.4 Å². The topological polar surface area (TPSA) is 174 Å².